The third kappa shape index (κ3) is 16.3. The van der Waals surface area contributed by atoms with Crippen molar-refractivity contribution in [3.8, 4) is 0 Å². The van der Waals surface area contributed by atoms with Crippen LogP contribution in [0.4, 0.5) is 0 Å². The first kappa shape index (κ1) is 72.3. The predicted molar refractivity (Wildman–Crippen MR) is 321 cm³/mol. The maximum Gasteiger partial charge on any atom is 0.339 e. The number of halogens is 2. The molecule has 23 heteroatoms. The average Bonchev–Trinajstić information content (AvgIpc) is 1.74. The summed E-state index contributed by atoms with van der Waals surface area (Å²) in [4.78, 5) is 42.4. The molecule has 7 unspecified atom stereocenters. The summed E-state index contributed by atoms with van der Waals surface area (Å²) >= 11 is 0. The van der Waals surface area contributed by atoms with Gasteiger partial charge in [0, 0.05) is 34.7 Å². The van der Waals surface area contributed by atoms with E-state index in [0.29, 0.717) is 64.4 Å². The molecule has 2 heterocycles. The summed E-state index contributed by atoms with van der Waals surface area (Å²) in [6.45, 7) is 13.9. The predicted octanol–water partition coefficient (Wildman–Crippen LogP) is 9.79. The molecule has 8 aliphatic carbocycles. The number of aromatic nitrogens is 2. The highest BCUT2D eigenvalue weighted by Gasteiger charge is 2.63. The molecule has 8 aliphatic rings. The van der Waals surface area contributed by atoms with Crippen LogP contribution in [0.3, 0.4) is 0 Å². The second-order valence-corrected chi connectivity index (χ2v) is 31.2. The van der Waals surface area contributed by atoms with Gasteiger partial charge in [-0.05, 0) is 218 Å². The van der Waals surface area contributed by atoms with Crippen LogP contribution in [0.1, 0.15) is 225 Å². The van der Waals surface area contributed by atoms with Crippen LogP contribution in [0.2, 0.25) is 0 Å². The molecule has 0 aliphatic heterocycles. The van der Waals surface area contributed by atoms with Crippen molar-refractivity contribution in [2.75, 3.05) is 19.4 Å². The molecule has 0 radical (unpaired) electrons. The Bertz CT molecular complexity index is 2670. The van der Waals surface area contributed by atoms with Crippen LogP contribution in [0.25, 0.3) is 0 Å². The number of rotatable bonds is 16. The van der Waals surface area contributed by atoms with Gasteiger partial charge in [0.1, 0.15) is 19.3 Å². The monoisotopic (exact) mass is 1260 g/mol. The Labute approximate surface area is 514 Å². The summed E-state index contributed by atoms with van der Waals surface area (Å²) in [6.07, 6.45) is 23.7. The van der Waals surface area contributed by atoms with E-state index in [1.807, 2.05) is 19.1 Å². The molecule has 2 aromatic heterocycles. The molecular formula is C62H102Cl2N4O16S. The molecule has 85 heavy (non-hydrogen) atoms. The zero-order chi connectivity index (χ0) is 61.1. The molecule has 10 N–H and O–H groups in total. The number of carboxylic acid groups (broad SMARTS) is 2. The molecule has 0 saturated heterocycles. The largest absolute Gasteiger partial charge is 0.481 e. The normalized spacial score (nSPS) is 37.8. The zero-order valence-corrected chi connectivity index (χ0v) is 52.9. The van der Waals surface area contributed by atoms with E-state index >= 15 is 0 Å². The number of aliphatic hydroxyl groups excluding tert-OH is 1. The summed E-state index contributed by atoms with van der Waals surface area (Å²) in [6, 6.07) is 3.39. The van der Waals surface area contributed by atoms with Crippen molar-refractivity contribution < 1.29 is 76.8 Å². The van der Waals surface area contributed by atoms with Crippen LogP contribution >= 0.6 is 23.1 Å². The van der Waals surface area contributed by atoms with Gasteiger partial charge in [0.2, 0.25) is 14.7 Å². The second kappa shape index (κ2) is 28.6. The standard InChI is InChI=1S/C30H49N3O4.C24H37NO3.C6H8O7.CH3ClO2S.CH4.ClH/c1-28(35)13-14-29(2)19(17-28)7-8-21-22-9-10-24(30(22,3)12-11-23(21)29)26-16-20(37-33-26)18-36-27(34)25(32)6-4-5-15-31;1-22(27)10-11-23(2)15(13-22)4-5-17-18-6-7-20(21-12-16(14-26)28-25-21)24(18,3)9-8-19(17)23;7-3-13-2-6(12,5(10)11)1-4(8)9;1-5(2,3)4;;/h16,19,21-25,35H,4-15,17-18,31-32H2,1-3H3;12,15,17-20,26-27H,4-11,13-14H2,1-3H3;3,12H,1-2H2,(H,8,9)(H,10,11);1H3;1H4;1H/t19?,21-,22-,23?,24+,25-,28+,29-,30-;15?,17?,18?,19?,20-,22-,23+,24+;;;;/m01..../s1. The summed E-state index contributed by atoms with van der Waals surface area (Å²) in [5, 5.41) is 65.4. The number of hydrogen-bond acceptors (Lipinski definition) is 18. The Morgan fingerprint density at radius 1 is 0.741 bits per heavy atom. The molecular weight excluding hydrogens is 1160 g/mol. The molecule has 0 bridgehead atoms. The highest BCUT2D eigenvalue weighted by atomic mass is 35.7. The third-order valence-corrected chi connectivity index (χ3v) is 22.8. The molecule has 0 amide bonds. The Balaban J connectivity index is 0.000000242. The molecule has 10 rings (SSSR count). The minimum Gasteiger partial charge on any atom is -0.481 e. The molecule has 8 saturated carbocycles. The Hall–Kier alpha value is -3.41. The molecule has 2 aromatic rings. The van der Waals surface area contributed by atoms with Crippen molar-refractivity contribution in [2.24, 2.45) is 80.5 Å². The van der Waals surface area contributed by atoms with Crippen LogP contribution in [0, 0.1) is 69.0 Å². The fourth-order valence-corrected chi connectivity index (χ4v) is 18.4. The van der Waals surface area contributed by atoms with Crippen molar-refractivity contribution in [1.29, 1.82) is 0 Å². The van der Waals surface area contributed by atoms with E-state index in [-0.39, 0.29) is 44.9 Å². The van der Waals surface area contributed by atoms with Crippen LogP contribution < -0.4 is 11.5 Å². The number of esters is 1. The lowest BCUT2D eigenvalue weighted by Gasteiger charge is -2.61. The summed E-state index contributed by atoms with van der Waals surface area (Å²) < 4.78 is 39.2. The number of fused-ring (bicyclic) bond motifs is 10. The fraction of sp³-hybridized carbons (Fsp3) is 0.839. The van der Waals surface area contributed by atoms with Gasteiger partial charge in [0.15, 0.2) is 18.1 Å². The quantitative estimate of drug-likeness (QED) is 0.0335. The lowest BCUT2D eigenvalue weighted by molar-refractivity contribution is -0.172. The van der Waals surface area contributed by atoms with Crippen LogP contribution in [-0.2, 0) is 50.9 Å². The van der Waals surface area contributed by atoms with Crippen molar-refractivity contribution in [2.45, 2.75) is 238 Å². The van der Waals surface area contributed by atoms with E-state index in [1.165, 1.54) is 83.5 Å². The first-order valence-corrected chi connectivity index (χ1v) is 33.2. The number of nitrogens with two attached hydrogens (primary N) is 2. The van der Waals surface area contributed by atoms with E-state index in [2.05, 4.69) is 60.4 Å². The smallest absolute Gasteiger partial charge is 0.339 e. The number of hydrogen-bond donors (Lipinski definition) is 8. The maximum atomic E-state index is 12.3. The number of carboxylic acids is 2. The highest BCUT2D eigenvalue weighted by molar-refractivity contribution is 8.13. The van der Waals surface area contributed by atoms with E-state index in [0.717, 1.165) is 98.1 Å². The van der Waals surface area contributed by atoms with Gasteiger partial charge in [0.25, 0.3) is 6.47 Å². The highest BCUT2D eigenvalue weighted by Crippen LogP contribution is 2.71. The van der Waals surface area contributed by atoms with Crippen LogP contribution in [0.5, 0.6) is 0 Å². The van der Waals surface area contributed by atoms with E-state index in [9.17, 15) is 42.9 Å². The van der Waals surface area contributed by atoms with Gasteiger partial charge in [-0.25, -0.2) is 13.2 Å². The number of nitrogens with zero attached hydrogens (tertiary/aromatic N) is 2. The number of aliphatic hydroxyl groups is 4. The number of carbonyl (C=O) groups is 4. The Morgan fingerprint density at radius 2 is 1.19 bits per heavy atom. The van der Waals surface area contributed by atoms with Gasteiger partial charge in [0.05, 0.1) is 35.3 Å². The first-order chi connectivity index (χ1) is 38.8. The van der Waals surface area contributed by atoms with Crippen molar-refractivity contribution in [3.63, 3.8) is 0 Å². The summed E-state index contributed by atoms with van der Waals surface area (Å²) in [5.74, 6) is 4.48. The second-order valence-electron chi connectivity index (χ2n) is 28.2. The third-order valence-electron chi connectivity index (χ3n) is 22.8. The minimum absolute atomic E-state index is 0. The molecule has 20 nitrogen and oxygen atoms in total. The zero-order valence-electron chi connectivity index (χ0n) is 50.5. The van der Waals surface area contributed by atoms with Crippen molar-refractivity contribution >= 4 is 56.5 Å². The number of unbranched alkanes of at least 4 members (excludes halogenated alkanes) is 1. The minimum atomic E-state index is -3.19. The molecule has 486 valence electrons. The number of ether oxygens (including phenoxy) is 2. The van der Waals surface area contributed by atoms with Gasteiger partial charge in [-0.2, -0.15) is 0 Å². The average molecular weight is 1260 g/mol. The Kier molecular flexibility index (Phi) is 24.3. The van der Waals surface area contributed by atoms with Gasteiger partial charge >= 0.3 is 17.9 Å². The first-order valence-electron chi connectivity index (χ1n) is 30.5. The maximum absolute atomic E-state index is 12.3. The summed E-state index contributed by atoms with van der Waals surface area (Å²) in [5.41, 5.74) is 11.4. The lowest BCUT2D eigenvalue weighted by atomic mass is 9.44. The van der Waals surface area contributed by atoms with Crippen LogP contribution in [0.15, 0.2) is 21.2 Å². The number of aliphatic carboxylic acids is 2. The molecule has 0 aromatic carbocycles. The summed E-state index contributed by atoms with van der Waals surface area (Å²) in [7, 11) is 1.31. The van der Waals surface area contributed by atoms with Gasteiger partial charge < -0.3 is 60.6 Å². The lowest BCUT2D eigenvalue weighted by Crippen LogP contribution is -2.55. The van der Waals surface area contributed by atoms with Crippen molar-refractivity contribution in [1.82, 2.24) is 10.3 Å². The fourth-order valence-electron chi connectivity index (χ4n) is 18.4. The van der Waals surface area contributed by atoms with E-state index < -0.39 is 62.8 Å². The van der Waals surface area contributed by atoms with E-state index in [1.54, 1.807) is 0 Å². The SMILES string of the molecule is C.CS(=O)(=O)Cl.C[C@@]1(O)CC[C@@]2(C)C(CCC3C2CC[C@@]2(C)C3CC[C@@H]2c2cc(CO)on2)C1.C[C@@]1(O)CC[C@@]2(C)C(CC[C@@H]3C2CC[C@]2(C)[C@@H](c4cc(COC(=O)[C@@H](N)CCCCN)on4)CC[C@@H]32)C1.Cl.O=COCC(O)(CC(=O)O)C(=O)O. The van der Waals surface area contributed by atoms with Gasteiger partial charge in [-0.1, -0.05) is 51.9 Å². The topological polar surface area (TPSA) is 346 Å². The molecule has 8 fully saturated rings. The molecule has 0 spiro atoms. The Morgan fingerprint density at radius 3 is 1.60 bits per heavy atom. The van der Waals surface area contributed by atoms with Crippen molar-refractivity contribution in [3.05, 3.63) is 35.0 Å². The molecule has 18 atom stereocenters. The number of carbonyl (C=O) groups excluding carboxylic acids is 2. The van der Waals surface area contributed by atoms with Gasteiger partial charge in [-0.3, -0.25) is 14.4 Å². The van der Waals surface area contributed by atoms with E-state index in [4.69, 9.17) is 40.6 Å². The van der Waals surface area contributed by atoms with Crippen LogP contribution in [-0.4, -0.2) is 116 Å². The van der Waals surface area contributed by atoms with Gasteiger partial charge in [-0.15, -0.1) is 12.4 Å².